The zero-order chi connectivity index (χ0) is 24.4. The third-order valence-electron chi connectivity index (χ3n) is 5.40. The Kier molecular flexibility index (Phi) is 7.04. The van der Waals surface area contributed by atoms with E-state index in [0.717, 1.165) is 15.6 Å². The summed E-state index contributed by atoms with van der Waals surface area (Å²) in [6.45, 7) is 3.73. The summed E-state index contributed by atoms with van der Waals surface area (Å²) in [6, 6.07) is 12.2. The molecule has 0 aliphatic carbocycles. The highest BCUT2D eigenvalue weighted by molar-refractivity contribution is 9.10. The molecule has 0 saturated carbocycles. The lowest BCUT2D eigenvalue weighted by atomic mass is 9.95. The van der Waals surface area contributed by atoms with Gasteiger partial charge in [-0.15, -0.1) is 0 Å². The van der Waals surface area contributed by atoms with Gasteiger partial charge >= 0.3 is 5.97 Å². The van der Waals surface area contributed by atoms with Crippen molar-refractivity contribution in [3.63, 3.8) is 0 Å². The third-order valence-corrected chi connectivity index (χ3v) is 7.00. The third kappa shape index (κ3) is 4.45. The average Bonchev–Trinajstić information content (AvgIpc) is 3.12. The fourth-order valence-corrected chi connectivity index (χ4v) is 5.45. The molecule has 34 heavy (non-hydrogen) atoms. The van der Waals surface area contributed by atoms with Crippen molar-refractivity contribution in [2.75, 3.05) is 20.8 Å². The van der Waals surface area contributed by atoms with Gasteiger partial charge in [0.25, 0.3) is 5.56 Å². The van der Waals surface area contributed by atoms with E-state index >= 15 is 0 Å². The van der Waals surface area contributed by atoms with Gasteiger partial charge in [-0.1, -0.05) is 29.5 Å². The Bertz CT molecular complexity index is 1470. The van der Waals surface area contributed by atoms with Gasteiger partial charge in [-0.05, 0) is 71.2 Å². The Morgan fingerprint density at radius 1 is 1.21 bits per heavy atom. The second-order valence-electron chi connectivity index (χ2n) is 7.47. The van der Waals surface area contributed by atoms with Gasteiger partial charge in [0.05, 0.1) is 47.1 Å². The van der Waals surface area contributed by atoms with Crippen molar-refractivity contribution in [3.8, 4) is 11.5 Å². The molecule has 1 atom stereocenters. The normalized spacial score (nSPS) is 15.6. The predicted molar refractivity (Wildman–Crippen MR) is 134 cm³/mol. The van der Waals surface area contributed by atoms with Gasteiger partial charge in [-0.2, -0.15) is 0 Å². The Hall–Kier alpha value is -3.17. The number of methoxy groups -OCH3 is 2. The van der Waals surface area contributed by atoms with Crippen LogP contribution in [0.2, 0.25) is 0 Å². The fraction of sp³-hybridized carbons (Fsp3) is 0.240. The van der Waals surface area contributed by atoms with Crippen molar-refractivity contribution in [3.05, 3.63) is 89.0 Å². The van der Waals surface area contributed by atoms with Gasteiger partial charge in [-0.3, -0.25) is 9.36 Å². The van der Waals surface area contributed by atoms with Crippen LogP contribution in [-0.2, 0) is 9.53 Å². The molecule has 1 aliphatic rings. The van der Waals surface area contributed by atoms with Gasteiger partial charge < -0.3 is 14.2 Å². The van der Waals surface area contributed by atoms with Crippen LogP contribution in [0.1, 0.15) is 31.0 Å². The van der Waals surface area contributed by atoms with Gasteiger partial charge in [0.2, 0.25) is 0 Å². The molecule has 0 N–H and O–H groups in total. The number of benzene rings is 2. The number of halogens is 1. The average molecular weight is 543 g/mol. The molecule has 176 valence electrons. The second kappa shape index (κ2) is 9.99. The van der Waals surface area contributed by atoms with Crippen LogP contribution in [0.3, 0.4) is 0 Å². The maximum Gasteiger partial charge on any atom is 0.338 e. The van der Waals surface area contributed by atoms with Crippen molar-refractivity contribution in [1.29, 1.82) is 0 Å². The first kappa shape index (κ1) is 24.0. The lowest BCUT2D eigenvalue weighted by Gasteiger charge is -2.25. The molecule has 0 radical (unpaired) electrons. The smallest absolute Gasteiger partial charge is 0.338 e. The molecule has 2 heterocycles. The predicted octanol–water partition coefficient (Wildman–Crippen LogP) is 3.58. The van der Waals surface area contributed by atoms with Crippen LogP contribution in [0, 0.1) is 0 Å². The zero-order valence-electron chi connectivity index (χ0n) is 19.1. The molecule has 2 aromatic carbocycles. The molecule has 1 aliphatic heterocycles. The van der Waals surface area contributed by atoms with E-state index in [-0.39, 0.29) is 12.2 Å². The molecular formula is C25H23BrN2O5S. The summed E-state index contributed by atoms with van der Waals surface area (Å²) < 4.78 is 18.8. The molecule has 0 bridgehead atoms. The minimum absolute atomic E-state index is 0.219. The van der Waals surface area contributed by atoms with Crippen LogP contribution >= 0.6 is 27.3 Å². The number of fused-ring (bicyclic) bond motifs is 1. The summed E-state index contributed by atoms with van der Waals surface area (Å²) in [5, 5.41) is 0. The Balaban J connectivity index is 1.94. The minimum atomic E-state index is -0.685. The van der Waals surface area contributed by atoms with Gasteiger partial charge in [0, 0.05) is 0 Å². The summed E-state index contributed by atoms with van der Waals surface area (Å²) in [7, 11) is 3.17. The van der Waals surface area contributed by atoms with Gasteiger partial charge in [-0.25, -0.2) is 9.79 Å². The standard InChI is InChI=1S/C25H23BrN2O5S/c1-5-33-24(30)21-14(2)27-25-28(22(21)16-7-6-8-17(13-16)31-3)23(29)20(34-25)12-15-9-10-19(32-4)18(26)11-15/h6-13,22H,5H2,1-4H3/b20-12-. The molecule has 3 aromatic rings. The van der Waals surface area contributed by atoms with E-state index in [0.29, 0.717) is 32.1 Å². The van der Waals surface area contributed by atoms with Crippen molar-refractivity contribution >= 4 is 39.3 Å². The minimum Gasteiger partial charge on any atom is -0.497 e. The second-order valence-corrected chi connectivity index (χ2v) is 9.34. The van der Waals surface area contributed by atoms with Crippen LogP contribution in [0.25, 0.3) is 6.08 Å². The maximum absolute atomic E-state index is 13.6. The highest BCUT2D eigenvalue weighted by Gasteiger charge is 2.33. The highest BCUT2D eigenvalue weighted by Crippen LogP contribution is 2.32. The van der Waals surface area contributed by atoms with Crippen molar-refractivity contribution in [2.24, 2.45) is 4.99 Å². The number of esters is 1. The summed E-state index contributed by atoms with van der Waals surface area (Å²) in [4.78, 5) is 31.7. The van der Waals surface area contributed by atoms with Crippen molar-refractivity contribution in [2.45, 2.75) is 19.9 Å². The number of allylic oxidation sites excluding steroid dienone is 1. The van der Waals surface area contributed by atoms with Crippen LogP contribution < -0.4 is 24.4 Å². The molecule has 9 heteroatoms. The lowest BCUT2D eigenvalue weighted by molar-refractivity contribution is -0.139. The zero-order valence-corrected chi connectivity index (χ0v) is 21.5. The van der Waals surface area contributed by atoms with E-state index in [4.69, 9.17) is 14.2 Å². The maximum atomic E-state index is 13.6. The molecule has 0 fully saturated rings. The quantitative estimate of drug-likeness (QED) is 0.445. The SMILES string of the molecule is CCOC(=O)C1=C(C)N=c2s/c(=C\c3ccc(OC)c(Br)c3)c(=O)n2C1c1cccc(OC)c1. The fourth-order valence-electron chi connectivity index (χ4n) is 3.84. The molecule has 0 amide bonds. The Morgan fingerprint density at radius 2 is 2.00 bits per heavy atom. The number of carbonyl (C=O) groups excluding carboxylic acids is 1. The number of rotatable bonds is 6. The first-order valence-electron chi connectivity index (χ1n) is 10.5. The largest absolute Gasteiger partial charge is 0.497 e. The van der Waals surface area contributed by atoms with Crippen molar-refractivity contribution in [1.82, 2.24) is 4.57 Å². The lowest BCUT2D eigenvalue weighted by Crippen LogP contribution is -2.39. The summed E-state index contributed by atoms with van der Waals surface area (Å²) in [6.07, 6.45) is 1.81. The van der Waals surface area contributed by atoms with Crippen LogP contribution in [0.4, 0.5) is 0 Å². The number of nitrogens with zero attached hydrogens (tertiary/aromatic N) is 2. The molecule has 7 nitrogen and oxygen atoms in total. The summed E-state index contributed by atoms with van der Waals surface area (Å²) >= 11 is 4.76. The monoisotopic (exact) mass is 542 g/mol. The molecular weight excluding hydrogens is 520 g/mol. The summed E-state index contributed by atoms with van der Waals surface area (Å²) in [5.74, 6) is 0.830. The van der Waals surface area contributed by atoms with E-state index in [9.17, 15) is 9.59 Å². The first-order chi connectivity index (χ1) is 16.4. The number of hydrogen-bond donors (Lipinski definition) is 0. The molecule has 0 spiro atoms. The number of ether oxygens (including phenoxy) is 3. The van der Waals surface area contributed by atoms with Crippen LogP contribution in [-0.4, -0.2) is 31.4 Å². The van der Waals surface area contributed by atoms with Gasteiger partial charge in [0.1, 0.15) is 11.5 Å². The number of carbonyl (C=O) groups is 1. The van der Waals surface area contributed by atoms with Crippen LogP contribution in [0.15, 0.2) is 68.0 Å². The van der Waals surface area contributed by atoms with Gasteiger partial charge in [0.15, 0.2) is 4.80 Å². The van der Waals surface area contributed by atoms with E-state index in [1.54, 1.807) is 38.7 Å². The molecule has 0 saturated heterocycles. The molecule has 4 rings (SSSR count). The highest BCUT2D eigenvalue weighted by atomic mass is 79.9. The molecule has 1 unspecified atom stereocenters. The summed E-state index contributed by atoms with van der Waals surface area (Å²) in [5.41, 5.74) is 2.18. The van der Waals surface area contributed by atoms with Crippen LogP contribution in [0.5, 0.6) is 11.5 Å². The Labute approximate surface area is 208 Å². The first-order valence-corrected chi connectivity index (χ1v) is 12.2. The number of hydrogen-bond acceptors (Lipinski definition) is 7. The van der Waals surface area contributed by atoms with E-state index in [1.807, 2.05) is 42.5 Å². The Morgan fingerprint density at radius 3 is 2.68 bits per heavy atom. The molecule has 1 aromatic heterocycles. The van der Waals surface area contributed by atoms with Crippen molar-refractivity contribution < 1.29 is 19.0 Å². The van der Waals surface area contributed by atoms with E-state index in [2.05, 4.69) is 20.9 Å². The van der Waals surface area contributed by atoms with E-state index < -0.39 is 12.0 Å². The van der Waals surface area contributed by atoms with E-state index in [1.165, 1.54) is 11.3 Å². The number of aromatic nitrogens is 1. The topological polar surface area (TPSA) is 79.1 Å². The number of thiazole rings is 1.